The molecule has 0 bridgehead atoms. The lowest BCUT2D eigenvalue weighted by Crippen LogP contribution is -2.57. The van der Waals surface area contributed by atoms with Crippen LogP contribution in [0.25, 0.3) is 12.2 Å². The van der Waals surface area contributed by atoms with Crippen LogP contribution in [0, 0.1) is 17.3 Å². The number of ether oxygens (including phenoxy) is 3. The zero-order valence-corrected chi connectivity index (χ0v) is 30.8. The number of urea groups is 1. The van der Waals surface area contributed by atoms with Gasteiger partial charge >= 0.3 is 18.0 Å². The highest BCUT2D eigenvalue weighted by Gasteiger charge is 2.52. The van der Waals surface area contributed by atoms with Gasteiger partial charge < -0.3 is 46.3 Å². The summed E-state index contributed by atoms with van der Waals surface area (Å²) in [5.74, 6) is -2.39. The van der Waals surface area contributed by atoms with E-state index in [1.807, 2.05) is 27.7 Å². The topological polar surface area (TPSA) is 224 Å². The van der Waals surface area contributed by atoms with Gasteiger partial charge in [-0.15, -0.1) is 0 Å². The molecule has 1 aromatic rings. The second-order valence-corrected chi connectivity index (χ2v) is 13.4. The number of aliphatic hydroxyl groups is 1. The molecule has 0 saturated heterocycles. The maximum absolute atomic E-state index is 13.3. The van der Waals surface area contributed by atoms with Crippen molar-refractivity contribution in [1.29, 1.82) is 0 Å². The third kappa shape index (κ3) is 15.2. The van der Waals surface area contributed by atoms with Crippen LogP contribution in [0.3, 0.4) is 0 Å². The van der Waals surface area contributed by atoms with Gasteiger partial charge in [-0.25, -0.2) is 9.59 Å². The van der Waals surface area contributed by atoms with E-state index in [-0.39, 0.29) is 51.0 Å². The highest BCUT2D eigenvalue weighted by molar-refractivity contribution is 6.05. The molecule has 288 valence electrons. The van der Waals surface area contributed by atoms with E-state index in [4.69, 9.17) is 19.9 Å². The van der Waals surface area contributed by atoms with E-state index in [0.29, 0.717) is 49.1 Å². The molecule has 1 saturated carbocycles. The Bertz CT molecular complexity index is 1440. The minimum atomic E-state index is -1.36. The number of carbonyl (C=O) groups is 6. The number of nitrogens with one attached hydrogen (secondary N) is 4. The lowest BCUT2D eigenvalue weighted by atomic mass is 9.68. The Labute approximate surface area is 305 Å². The Kier molecular flexibility index (Phi) is 18.6. The summed E-state index contributed by atoms with van der Waals surface area (Å²) in [5.41, 5.74) is 5.28. The van der Waals surface area contributed by atoms with Crippen LogP contribution in [0.1, 0.15) is 84.3 Å². The monoisotopic (exact) mass is 729 g/mol. The van der Waals surface area contributed by atoms with Gasteiger partial charge in [-0.3, -0.25) is 19.2 Å². The van der Waals surface area contributed by atoms with Crippen molar-refractivity contribution >= 4 is 53.5 Å². The standard InChI is InChI=1S/C37H55N5O10/c1-6-50-35(48)37(17-8-18-37)34(47)42-28(9-7-19-40-36(38)49)33(46)39-20-16-30(43)41-29-21-26(11-14-31(44)51-22-24(2)3)10-12-27(29)13-15-32(45)52-23-25(4)5/h10-15,21,24-25,28,32,45H,6-9,16-20,22-23H2,1-5H3,(H,39,46)(H,41,43)(H,42,47)(H3,38,40,49)/b14-11+,15-13+/t28-,32?/m0/s1. The smallest absolute Gasteiger partial charge is 0.330 e. The molecule has 2 rings (SSSR count). The van der Waals surface area contributed by atoms with Gasteiger partial charge in [0.25, 0.3) is 0 Å². The van der Waals surface area contributed by atoms with Crippen molar-refractivity contribution in [2.45, 2.75) is 85.5 Å². The predicted molar refractivity (Wildman–Crippen MR) is 195 cm³/mol. The molecule has 0 spiro atoms. The van der Waals surface area contributed by atoms with E-state index in [2.05, 4.69) is 21.3 Å². The minimum Gasteiger partial charge on any atom is -0.465 e. The first-order valence-corrected chi connectivity index (χ1v) is 17.7. The molecule has 0 aromatic heterocycles. The minimum absolute atomic E-state index is 0.0895. The number of aliphatic hydroxyl groups excluding tert-OH is 1. The highest BCUT2D eigenvalue weighted by atomic mass is 16.6. The van der Waals surface area contributed by atoms with Crippen molar-refractivity contribution in [2.75, 3.05) is 38.2 Å². The normalized spacial score (nSPS) is 14.8. The zero-order valence-electron chi connectivity index (χ0n) is 30.8. The summed E-state index contributed by atoms with van der Waals surface area (Å²) in [4.78, 5) is 75.4. The fraction of sp³-hybridized carbons (Fsp3) is 0.568. The van der Waals surface area contributed by atoms with Crippen LogP contribution in [-0.2, 0) is 38.2 Å². The molecule has 7 N–H and O–H groups in total. The molecule has 0 radical (unpaired) electrons. The van der Waals surface area contributed by atoms with Crippen LogP contribution in [0.5, 0.6) is 0 Å². The maximum atomic E-state index is 13.3. The van der Waals surface area contributed by atoms with E-state index in [1.54, 1.807) is 37.3 Å². The Balaban J connectivity index is 2.14. The number of esters is 2. The summed E-state index contributed by atoms with van der Waals surface area (Å²) in [6.07, 6.45) is 6.24. The molecule has 15 heteroatoms. The molecule has 52 heavy (non-hydrogen) atoms. The summed E-state index contributed by atoms with van der Waals surface area (Å²) >= 11 is 0. The largest absolute Gasteiger partial charge is 0.465 e. The lowest BCUT2D eigenvalue weighted by Gasteiger charge is -2.38. The second kappa shape index (κ2) is 22.2. The Morgan fingerprint density at radius 1 is 0.962 bits per heavy atom. The van der Waals surface area contributed by atoms with Crippen LogP contribution in [-0.4, -0.2) is 86.0 Å². The molecule has 1 aliphatic carbocycles. The average Bonchev–Trinajstić information content (AvgIpc) is 3.05. The maximum Gasteiger partial charge on any atom is 0.330 e. The van der Waals surface area contributed by atoms with E-state index in [1.165, 1.54) is 12.2 Å². The molecule has 1 fully saturated rings. The third-order valence-corrected chi connectivity index (χ3v) is 7.91. The number of rotatable bonds is 22. The van der Waals surface area contributed by atoms with Gasteiger partial charge in [0, 0.05) is 31.3 Å². The second-order valence-electron chi connectivity index (χ2n) is 13.4. The quantitative estimate of drug-likeness (QED) is 0.0336. The third-order valence-electron chi connectivity index (χ3n) is 7.91. The first kappa shape index (κ1) is 43.4. The SMILES string of the molecule is CCOC(=O)C1(C(=O)N[C@@H](CCCNC(N)=O)C(=O)NCCC(=O)Nc2cc(/C=C/C(=O)OCC(C)C)ccc2/C=C/C(O)OCC(C)C)CCC1. The van der Waals surface area contributed by atoms with Crippen LogP contribution in [0.2, 0.25) is 0 Å². The van der Waals surface area contributed by atoms with Crippen LogP contribution in [0.4, 0.5) is 10.5 Å². The average molecular weight is 730 g/mol. The highest BCUT2D eigenvalue weighted by Crippen LogP contribution is 2.42. The van der Waals surface area contributed by atoms with Crippen LogP contribution < -0.4 is 27.0 Å². The van der Waals surface area contributed by atoms with Crippen LogP contribution in [0.15, 0.2) is 30.4 Å². The summed E-state index contributed by atoms with van der Waals surface area (Å²) in [6.45, 7) is 10.2. The fourth-order valence-electron chi connectivity index (χ4n) is 4.97. The molecule has 15 nitrogen and oxygen atoms in total. The molecule has 2 atom stereocenters. The van der Waals surface area contributed by atoms with E-state index in [9.17, 15) is 33.9 Å². The van der Waals surface area contributed by atoms with Gasteiger partial charge in [0.05, 0.1) is 19.8 Å². The molecular formula is C37H55N5O10. The molecular weight excluding hydrogens is 674 g/mol. The number of amides is 5. The van der Waals surface area contributed by atoms with Gasteiger partial charge in [-0.2, -0.15) is 0 Å². The molecule has 1 aromatic carbocycles. The van der Waals surface area contributed by atoms with E-state index >= 15 is 0 Å². The van der Waals surface area contributed by atoms with Gasteiger partial charge in [-0.05, 0) is 73.8 Å². The van der Waals surface area contributed by atoms with Crippen molar-refractivity contribution in [3.05, 3.63) is 41.5 Å². The number of anilines is 1. The Morgan fingerprint density at radius 2 is 1.67 bits per heavy atom. The lowest BCUT2D eigenvalue weighted by molar-refractivity contribution is -0.167. The van der Waals surface area contributed by atoms with E-state index in [0.717, 1.165) is 0 Å². The summed E-state index contributed by atoms with van der Waals surface area (Å²) in [6, 6.07) is 3.29. The zero-order chi connectivity index (χ0) is 38.7. The Hall–Kier alpha value is -4.76. The number of benzene rings is 1. The molecule has 0 aliphatic heterocycles. The van der Waals surface area contributed by atoms with Crippen LogP contribution >= 0.6 is 0 Å². The van der Waals surface area contributed by atoms with E-state index < -0.39 is 53.4 Å². The van der Waals surface area contributed by atoms with Gasteiger partial charge in [0.1, 0.15) is 11.5 Å². The number of carbonyl (C=O) groups excluding carboxylic acids is 6. The fourth-order valence-corrected chi connectivity index (χ4v) is 4.97. The van der Waals surface area contributed by atoms with Gasteiger partial charge in [0.2, 0.25) is 17.7 Å². The first-order valence-electron chi connectivity index (χ1n) is 17.7. The van der Waals surface area contributed by atoms with Gasteiger partial charge in [-0.1, -0.05) is 52.3 Å². The summed E-state index contributed by atoms with van der Waals surface area (Å²) in [5, 5.41) is 20.8. The van der Waals surface area contributed by atoms with Crippen molar-refractivity contribution in [2.24, 2.45) is 23.0 Å². The number of primary amides is 1. The molecule has 5 amide bonds. The summed E-state index contributed by atoms with van der Waals surface area (Å²) < 4.78 is 15.7. The predicted octanol–water partition coefficient (Wildman–Crippen LogP) is 3.01. The summed E-state index contributed by atoms with van der Waals surface area (Å²) in [7, 11) is 0. The number of hydrogen-bond donors (Lipinski definition) is 6. The Morgan fingerprint density at radius 3 is 2.29 bits per heavy atom. The van der Waals surface area contributed by atoms with Gasteiger partial charge in [0.15, 0.2) is 6.29 Å². The number of hydrogen-bond acceptors (Lipinski definition) is 10. The van der Waals surface area contributed by atoms with Crippen molar-refractivity contribution < 1.29 is 48.1 Å². The van der Waals surface area contributed by atoms with Crippen molar-refractivity contribution in [1.82, 2.24) is 16.0 Å². The molecule has 0 heterocycles. The van der Waals surface area contributed by atoms with Crippen molar-refractivity contribution in [3.63, 3.8) is 0 Å². The first-order chi connectivity index (χ1) is 24.7. The molecule has 1 aliphatic rings. The molecule has 1 unspecified atom stereocenters. The number of nitrogens with two attached hydrogens (primary N) is 1. The van der Waals surface area contributed by atoms with Crippen molar-refractivity contribution in [3.8, 4) is 0 Å².